The van der Waals surface area contributed by atoms with Gasteiger partial charge in [0.1, 0.15) is 5.82 Å². The number of benzene rings is 1. The summed E-state index contributed by atoms with van der Waals surface area (Å²) in [7, 11) is 1.57. The van der Waals surface area contributed by atoms with Crippen LogP contribution in [0.3, 0.4) is 0 Å². The van der Waals surface area contributed by atoms with Gasteiger partial charge in [0, 0.05) is 11.6 Å². The molecular weight excluding hydrogens is 240 g/mol. The van der Waals surface area contributed by atoms with Crippen LogP contribution in [-0.4, -0.2) is 22.1 Å². The standard InChI is InChI=1S/C14H10N4O/c1-19-12-7-6-11-14(17-12)18-13(16-11)10-4-2-9(8-15)3-5-10/h2-7H,1H3,(H,16,17,18). The van der Waals surface area contributed by atoms with Gasteiger partial charge >= 0.3 is 0 Å². The van der Waals surface area contributed by atoms with E-state index in [1.54, 1.807) is 25.3 Å². The fourth-order valence-corrected chi connectivity index (χ4v) is 1.83. The molecule has 19 heavy (non-hydrogen) atoms. The number of nitrogens with zero attached hydrogens (tertiary/aromatic N) is 3. The lowest BCUT2D eigenvalue weighted by Crippen LogP contribution is -1.86. The maximum absolute atomic E-state index is 8.77. The third-order valence-electron chi connectivity index (χ3n) is 2.82. The molecule has 2 aromatic heterocycles. The van der Waals surface area contributed by atoms with Crippen LogP contribution in [-0.2, 0) is 0 Å². The topological polar surface area (TPSA) is 74.6 Å². The van der Waals surface area contributed by atoms with E-state index in [1.165, 1.54) is 0 Å². The van der Waals surface area contributed by atoms with Gasteiger partial charge in [-0.1, -0.05) is 0 Å². The number of rotatable bonds is 2. The number of nitriles is 1. The van der Waals surface area contributed by atoms with E-state index in [0.717, 1.165) is 16.9 Å². The zero-order chi connectivity index (χ0) is 13.2. The van der Waals surface area contributed by atoms with Crippen LogP contribution >= 0.6 is 0 Å². The zero-order valence-electron chi connectivity index (χ0n) is 10.2. The van der Waals surface area contributed by atoms with Crippen molar-refractivity contribution in [1.82, 2.24) is 15.0 Å². The lowest BCUT2D eigenvalue weighted by atomic mass is 10.1. The van der Waals surface area contributed by atoms with Gasteiger partial charge in [-0.25, -0.2) is 4.98 Å². The molecule has 1 aromatic carbocycles. The minimum atomic E-state index is 0.533. The number of methoxy groups -OCH3 is 1. The molecule has 0 unspecified atom stereocenters. The summed E-state index contributed by atoms with van der Waals surface area (Å²) >= 11 is 0. The second kappa shape index (κ2) is 4.42. The molecule has 2 heterocycles. The maximum atomic E-state index is 8.77. The number of ether oxygens (including phenoxy) is 1. The van der Waals surface area contributed by atoms with Crippen molar-refractivity contribution in [3.8, 4) is 23.3 Å². The van der Waals surface area contributed by atoms with E-state index in [-0.39, 0.29) is 0 Å². The third-order valence-corrected chi connectivity index (χ3v) is 2.82. The van der Waals surface area contributed by atoms with E-state index < -0.39 is 0 Å². The van der Waals surface area contributed by atoms with Crippen LogP contribution in [0.25, 0.3) is 22.6 Å². The van der Waals surface area contributed by atoms with Crippen molar-refractivity contribution < 1.29 is 4.74 Å². The number of H-pyrrole nitrogens is 1. The normalized spacial score (nSPS) is 10.3. The number of imidazole rings is 1. The van der Waals surface area contributed by atoms with Crippen LogP contribution in [0.5, 0.6) is 5.88 Å². The summed E-state index contributed by atoms with van der Waals surface area (Å²) in [6.07, 6.45) is 0. The number of pyridine rings is 1. The van der Waals surface area contributed by atoms with Crippen molar-refractivity contribution in [1.29, 1.82) is 5.26 Å². The highest BCUT2D eigenvalue weighted by molar-refractivity contribution is 5.76. The first kappa shape index (κ1) is 11.2. The highest BCUT2D eigenvalue weighted by atomic mass is 16.5. The average Bonchev–Trinajstić information content (AvgIpc) is 2.90. The van der Waals surface area contributed by atoms with Gasteiger partial charge in [0.25, 0.3) is 0 Å². The highest BCUT2D eigenvalue weighted by Gasteiger charge is 2.07. The third kappa shape index (κ3) is 2.00. The number of hydrogen-bond donors (Lipinski definition) is 1. The quantitative estimate of drug-likeness (QED) is 0.758. The zero-order valence-corrected chi connectivity index (χ0v) is 10.2. The van der Waals surface area contributed by atoms with Crippen LogP contribution in [0.2, 0.25) is 0 Å². The molecule has 3 aromatic rings. The molecule has 0 aliphatic heterocycles. The van der Waals surface area contributed by atoms with Crippen molar-refractivity contribution in [3.05, 3.63) is 42.0 Å². The molecule has 5 nitrogen and oxygen atoms in total. The summed E-state index contributed by atoms with van der Waals surface area (Å²) in [4.78, 5) is 11.9. The van der Waals surface area contributed by atoms with E-state index in [0.29, 0.717) is 17.1 Å². The lowest BCUT2D eigenvalue weighted by molar-refractivity contribution is 0.399. The van der Waals surface area contributed by atoms with Gasteiger partial charge < -0.3 is 9.72 Å². The summed E-state index contributed by atoms with van der Waals surface area (Å²) in [6.45, 7) is 0. The number of aromatic nitrogens is 3. The van der Waals surface area contributed by atoms with Gasteiger partial charge in [0.05, 0.1) is 24.3 Å². The molecule has 0 bridgehead atoms. The maximum Gasteiger partial charge on any atom is 0.215 e. The van der Waals surface area contributed by atoms with Gasteiger partial charge in [-0.3, -0.25) is 0 Å². The largest absolute Gasteiger partial charge is 0.481 e. The Balaban J connectivity index is 2.07. The predicted molar refractivity (Wildman–Crippen MR) is 70.6 cm³/mol. The molecule has 0 saturated carbocycles. The Labute approximate surface area is 109 Å². The number of aromatic amines is 1. The van der Waals surface area contributed by atoms with Gasteiger partial charge in [-0.15, -0.1) is 0 Å². The fraction of sp³-hybridized carbons (Fsp3) is 0.0714. The number of hydrogen-bond acceptors (Lipinski definition) is 4. The summed E-state index contributed by atoms with van der Waals surface area (Å²) in [5.41, 5.74) is 2.99. The SMILES string of the molecule is COc1ccc2[nH]c(-c3ccc(C#N)cc3)nc2n1. The molecule has 3 rings (SSSR count). The summed E-state index contributed by atoms with van der Waals surface area (Å²) < 4.78 is 5.07. The highest BCUT2D eigenvalue weighted by Crippen LogP contribution is 2.21. The molecule has 0 spiro atoms. The van der Waals surface area contributed by atoms with Crippen molar-refractivity contribution in [2.24, 2.45) is 0 Å². The Hall–Kier alpha value is -2.87. The van der Waals surface area contributed by atoms with Crippen LogP contribution < -0.4 is 4.74 Å². The molecule has 1 N–H and O–H groups in total. The smallest absolute Gasteiger partial charge is 0.215 e. The van der Waals surface area contributed by atoms with E-state index in [1.807, 2.05) is 18.2 Å². The van der Waals surface area contributed by atoms with E-state index in [4.69, 9.17) is 10.00 Å². The summed E-state index contributed by atoms with van der Waals surface area (Å²) in [6, 6.07) is 13.0. The van der Waals surface area contributed by atoms with Crippen molar-refractivity contribution >= 4 is 11.2 Å². The van der Waals surface area contributed by atoms with Crippen LogP contribution in [0.4, 0.5) is 0 Å². The average molecular weight is 250 g/mol. The Kier molecular flexibility index (Phi) is 2.62. The van der Waals surface area contributed by atoms with Crippen LogP contribution in [0.1, 0.15) is 5.56 Å². The number of nitrogens with one attached hydrogen (secondary N) is 1. The Morgan fingerprint density at radius 1 is 1.11 bits per heavy atom. The molecule has 0 saturated heterocycles. The lowest BCUT2D eigenvalue weighted by Gasteiger charge is -1.95. The van der Waals surface area contributed by atoms with E-state index >= 15 is 0 Å². The summed E-state index contributed by atoms with van der Waals surface area (Å²) in [5, 5.41) is 8.77. The molecule has 0 amide bonds. The molecule has 0 aliphatic rings. The summed E-state index contributed by atoms with van der Waals surface area (Å²) in [5.74, 6) is 1.26. The van der Waals surface area contributed by atoms with Gasteiger partial charge in [-0.05, 0) is 30.3 Å². The molecule has 92 valence electrons. The number of fused-ring (bicyclic) bond motifs is 1. The molecular formula is C14H10N4O. The molecule has 0 aliphatic carbocycles. The molecule has 0 atom stereocenters. The predicted octanol–water partition coefficient (Wildman–Crippen LogP) is 2.51. The first-order valence-electron chi connectivity index (χ1n) is 5.71. The minimum Gasteiger partial charge on any atom is -0.481 e. The fourth-order valence-electron chi connectivity index (χ4n) is 1.83. The van der Waals surface area contributed by atoms with Crippen LogP contribution in [0.15, 0.2) is 36.4 Å². The Morgan fingerprint density at radius 2 is 1.89 bits per heavy atom. The Morgan fingerprint density at radius 3 is 2.58 bits per heavy atom. The first-order chi connectivity index (χ1) is 9.30. The monoisotopic (exact) mass is 250 g/mol. The van der Waals surface area contributed by atoms with Gasteiger partial charge in [0.2, 0.25) is 5.88 Å². The molecule has 0 fully saturated rings. The van der Waals surface area contributed by atoms with Crippen molar-refractivity contribution in [3.63, 3.8) is 0 Å². The molecule has 0 radical (unpaired) electrons. The van der Waals surface area contributed by atoms with Gasteiger partial charge in [-0.2, -0.15) is 10.2 Å². The van der Waals surface area contributed by atoms with Crippen LogP contribution in [0, 0.1) is 11.3 Å². The second-order valence-corrected chi connectivity index (χ2v) is 4.00. The van der Waals surface area contributed by atoms with Gasteiger partial charge in [0.15, 0.2) is 5.65 Å². The van der Waals surface area contributed by atoms with E-state index in [2.05, 4.69) is 21.0 Å². The van der Waals surface area contributed by atoms with E-state index in [9.17, 15) is 0 Å². The second-order valence-electron chi connectivity index (χ2n) is 4.00. The molecule has 5 heteroatoms. The van der Waals surface area contributed by atoms with Crippen molar-refractivity contribution in [2.45, 2.75) is 0 Å². The van der Waals surface area contributed by atoms with Crippen molar-refractivity contribution in [2.75, 3.05) is 7.11 Å². The minimum absolute atomic E-state index is 0.533. The Bertz CT molecular complexity index is 768. The first-order valence-corrected chi connectivity index (χ1v) is 5.71.